The zero-order valence-electron chi connectivity index (χ0n) is 8.28. The Morgan fingerprint density at radius 3 is 2.46 bits per heavy atom. The third-order valence-electron chi connectivity index (χ3n) is 1.88. The number of aliphatic hydroxyl groups is 1. The molecule has 0 aromatic heterocycles. The molecule has 0 aliphatic rings. The maximum atomic E-state index is 11.0. The second kappa shape index (κ2) is 6.23. The smallest absolute Gasteiger partial charge is 0.237 e. The van der Waals surface area contributed by atoms with Gasteiger partial charge in [-0.05, 0) is 6.92 Å². The van der Waals surface area contributed by atoms with Gasteiger partial charge >= 0.3 is 0 Å². The molecule has 13 heavy (non-hydrogen) atoms. The lowest BCUT2D eigenvalue weighted by molar-refractivity contribution is -0.123. The van der Waals surface area contributed by atoms with Gasteiger partial charge in [-0.3, -0.25) is 10.2 Å². The lowest BCUT2D eigenvalue weighted by Gasteiger charge is -2.16. The molecule has 4 N–H and O–H groups in total. The van der Waals surface area contributed by atoms with Crippen LogP contribution in [-0.4, -0.2) is 28.1 Å². The van der Waals surface area contributed by atoms with Crippen LogP contribution in [0.2, 0.25) is 0 Å². The molecule has 5 heteroatoms. The Labute approximate surface area is 83.2 Å². The first-order valence-corrected chi connectivity index (χ1v) is 5.34. The van der Waals surface area contributed by atoms with Crippen LogP contribution in [0.1, 0.15) is 20.8 Å². The van der Waals surface area contributed by atoms with Gasteiger partial charge in [0, 0.05) is 16.9 Å². The third-order valence-corrected chi connectivity index (χ3v) is 3.49. The number of hydrazine groups is 1. The Balaban J connectivity index is 3.69. The molecule has 0 radical (unpaired) electrons. The summed E-state index contributed by atoms with van der Waals surface area (Å²) in [5.74, 6) is 5.38. The largest absolute Gasteiger partial charge is 0.392 e. The van der Waals surface area contributed by atoms with Crippen LogP contribution in [0, 0.1) is 5.92 Å². The van der Waals surface area contributed by atoms with Crippen molar-refractivity contribution in [3.8, 4) is 0 Å². The average molecular weight is 206 g/mol. The summed E-state index contributed by atoms with van der Waals surface area (Å²) in [6, 6.07) is 0. The van der Waals surface area contributed by atoms with Crippen molar-refractivity contribution >= 4 is 17.7 Å². The number of carbonyl (C=O) groups excluding carboxylic acids is 1. The molecule has 0 spiro atoms. The van der Waals surface area contributed by atoms with Gasteiger partial charge in [0.15, 0.2) is 0 Å². The van der Waals surface area contributed by atoms with Crippen molar-refractivity contribution < 1.29 is 9.90 Å². The summed E-state index contributed by atoms with van der Waals surface area (Å²) in [5, 5.41) is 9.33. The van der Waals surface area contributed by atoms with E-state index in [4.69, 9.17) is 5.84 Å². The molecule has 3 unspecified atom stereocenters. The lowest BCUT2D eigenvalue weighted by atomic mass is 10.2. The first kappa shape index (κ1) is 12.7. The number of amides is 1. The molecule has 4 nitrogen and oxygen atoms in total. The molecule has 0 heterocycles. The number of hydrogen-bond acceptors (Lipinski definition) is 4. The van der Waals surface area contributed by atoms with Crippen LogP contribution in [0.3, 0.4) is 0 Å². The highest BCUT2D eigenvalue weighted by atomic mass is 32.2. The highest BCUT2D eigenvalue weighted by molar-refractivity contribution is 7.99. The van der Waals surface area contributed by atoms with E-state index in [-0.39, 0.29) is 23.2 Å². The molecule has 0 rings (SSSR count). The van der Waals surface area contributed by atoms with Crippen LogP contribution in [-0.2, 0) is 4.79 Å². The van der Waals surface area contributed by atoms with Crippen LogP contribution in [0.4, 0.5) is 0 Å². The molecule has 1 amide bonds. The number of hydrogen-bond donors (Lipinski definition) is 3. The molecule has 0 aromatic carbocycles. The normalized spacial score (nSPS) is 17.6. The molecule has 78 valence electrons. The summed E-state index contributed by atoms with van der Waals surface area (Å²) in [7, 11) is 0. The van der Waals surface area contributed by atoms with Gasteiger partial charge < -0.3 is 5.11 Å². The predicted molar refractivity (Wildman–Crippen MR) is 55.1 cm³/mol. The van der Waals surface area contributed by atoms with Crippen molar-refractivity contribution in [1.82, 2.24) is 5.43 Å². The number of nitrogens with one attached hydrogen (secondary N) is 1. The standard InChI is InChI=1S/C8H18N2O2S/c1-5(8(12)10-9)4-13-7(3)6(2)11/h5-7,11H,4,9H2,1-3H3,(H,10,12). The highest BCUT2D eigenvalue weighted by Gasteiger charge is 2.15. The molecular formula is C8H18N2O2S. The predicted octanol–water partition coefficient (Wildman–Crippen LogP) is 0.115. The summed E-state index contributed by atoms with van der Waals surface area (Å²) in [4.78, 5) is 11.0. The zero-order chi connectivity index (χ0) is 10.4. The van der Waals surface area contributed by atoms with Crippen LogP contribution < -0.4 is 11.3 Å². The van der Waals surface area contributed by atoms with E-state index in [1.54, 1.807) is 18.7 Å². The fourth-order valence-electron chi connectivity index (χ4n) is 0.653. The van der Waals surface area contributed by atoms with Gasteiger partial charge in [-0.15, -0.1) is 0 Å². The average Bonchev–Trinajstić information content (AvgIpc) is 2.11. The van der Waals surface area contributed by atoms with Gasteiger partial charge in [-0.2, -0.15) is 11.8 Å². The van der Waals surface area contributed by atoms with E-state index in [1.165, 1.54) is 0 Å². The summed E-state index contributed by atoms with van der Waals surface area (Å²) in [6.07, 6.45) is -0.349. The molecule has 0 aliphatic heterocycles. The van der Waals surface area contributed by atoms with E-state index in [0.29, 0.717) is 5.75 Å². The van der Waals surface area contributed by atoms with Crippen molar-refractivity contribution in [2.24, 2.45) is 11.8 Å². The van der Waals surface area contributed by atoms with E-state index in [0.717, 1.165) is 0 Å². The minimum Gasteiger partial charge on any atom is -0.392 e. The summed E-state index contributed by atoms with van der Waals surface area (Å²) in [6.45, 7) is 5.48. The molecular weight excluding hydrogens is 188 g/mol. The Hall–Kier alpha value is -0.260. The highest BCUT2D eigenvalue weighted by Crippen LogP contribution is 2.17. The van der Waals surface area contributed by atoms with Crippen LogP contribution in [0.15, 0.2) is 0 Å². The van der Waals surface area contributed by atoms with Crippen LogP contribution in [0.5, 0.6) is 0 Å². The van der Waals surface area contributed by atoms with Gasteiger partial charge in [0.2, 0.25) is 5.91 Å². The minimum absolute atomic E-state index is 0.115. The monoisotopic (exact) mass is 206 g/mol. The van der Waals surface area contributed by atoms with Gasteiger partial charge in [-0.25, -0.2) is 5.84 Å². The number of nitrogens with two attached hydrogens (primary N) is 1. The van der Waals surface area contributed by atoms with Crippen molar-refractivity contribution in [2.75, 3.05) is 5.75 Å². The summed E-state index contributed by atoms with van der Waals surface area (Å²) >= 11 is 1.57. The van der Waals surface area contributed by atoms with Crippen molar-refractivity contribution in [3.63, 3.8) is 0 Å². The minimum atomic E-state index is -0.349. The molecule has 0 fully saturated rings. The number of carbonyl (C=O) groups is 1. The second-order valence-corrected chi connectivity index (χ2v) is 4.60. The topological polar surface area (TPSA) is 75.3 Å². The molecule has 0 saturated carbocycles. The van der Waals surface area contributed by atoms with E-state index >= 15 is 0 Å². The van der Waals surface area contributed by atoms with Crippen molar-refractivity contribution in [1.29, 1.82) is 0 Å². The SMILES string of the molecule is CC(CSC(C)C(C)O)C(=O)NN. The number of thioether (sulfide) groups is 1. The lowest BCUT2D eigenvalue weighted by Crippen LogP contribution is -2.36. The molecule has 0 saturated heterocycles. The summed E-state index contributed by atoms with van der Waals surface area (Å²) in [5.41, 5.74) is 2.10. The van der Waals surface area contributed by atoms with E-state index in [1.807, 2.05) is 13.8 Å². The maximum absolute atomic E-state index is 11.0. The summed E-state index contributed by atoms with van der Waals surface area (Å²) < 4.78 is 0. The first-order valence-electron chi connectivity index (χ1n) is 4.29. The fraction of sp³-hybridized carbons (Fsp3) is 0.875. The third kappa shape index (κ3) is 5.13. The molecule has 0 aromatic rings. The quantitative estimate of drug-likeness (QED) is 0.339. The molecule has 0 aliphatic carbocycles. The van der Waals surface area contributed by atoms with Crippen molar-refractivity contribution in [2.45, 2.75) is 32.1 Å². The molecule has 3 atom stereocenters. The molecule has 0 bridgehead atoms. The van der Waals surface area contributed by atoms with Crippen LogP contribution >= 0.6 is 11.8 Å². The Bertz CT molecular complexity index is 164. The number of aliphatic hydroxyl groups excluding tert-OH is 1. The van der Waals surface area contributed by atoms with Gasteiger partial charge in [0.1, 0.15) is 0 Å². The van der Waals surface area contributed by atoms with Gasteiger partial charge in [-0.1, -0.05) is 13.8 Å². The zero-order valence-corrected chi connectivity index (χ0v) is 9.10. The van der Waals surface area contributed by atoms with Gasteiger partial charge in [0.25, 0.3) is 0 Å². The first-order chi connectivity index (χ1) is 5.99. The Morgan fingerprint density at radius 1 is 1.54 bits per heavy atom. The van der Waals surface area contributed by atoms with Gasteiger partial charge in [0.05, 0.1) is 6.10 Å². The van der Waals surface area contributed by atoms with E-state index in [9.17, 15) is 9.90 Å². The fourth-order valence-corrected chi connectivity index (χ4v) is 1.68. The van der Waals surface area contributed by atoms with Crippen LogP contribution in [0.25, 0.3) is 0 Å². The van der Waals surface area contributed by atoms with E-state index in [2.05, 4.69) is 5.43 Å². The Kier molecular flexibility index (Phi) is 6.11. The van der Waals surface area contributed by atoms with E-state index < -0.39 is 0 Å². The maximum Gasteiger partial charge on any atom is 0.237 e. The Morgan fingerprint density at radius 2 is 2.08 bits per heavy atom. The van der Waals surface area contributed by atoms with Crippen molar-refractivity contribution in [3.05, 3.63) is 0 Å². The number of rotatable bonds is 5. The second-order valence-electron chi connectivity index (χ2n) is 3.19.